The van der Waals surface area contributed by atoms with Gasteiger partial charge in [0.05, 0.1) is 17.8 Å². The van der Waals surface area contributed by atoms with E-state index in [0.29, 0.717) is 11.4 Å². The van der Waals surface area contributed by atoms with Gasteiger partial charge in [0.1, 0.15) is 19.1 Å². The Hall–Kier alpha value is -2.09. The van der Waals surface area contributed by atoms with Gasteiger partial charge in [-0.1, -0.05) is 0 Å². The summed E-state index contributed by atoms with van der Waals surface area (Å²) in [7, 11) is 1.72. The number of carbonyl (C=O) groups is 1. The summed E-state index contributed by atoms with van der Waals surface area (Å²) in [5.41, 5.74) is 2.26. The van der Waals surface area contributed by atoms with Crippen molar-refractivity contribution in [3.05, 3.63) is 22.2 Å². The molecule has 0 bridgehead atoms. The van der Waals surface area contributed by atoms with E-state index < -0.39 is 0 Å². The number of hydrogen-bond acceptors (Lipinski definition) is 5. The minimum atomic E-state index is -0.379. The van der Waals surface area contributed by atoms with Crippen LogP contribution in [0.25, 0.3) is 0 Å². The van der Waals surface area contributed by atoms with Gasteiger partial charge in [0.25, 0.3) is 0 Å². The highest BCUT2D eigenvalue weighted by molar-refractivity contribution is 9.10. The van der Waals surface area contributed by atoms with Crippen LogP contribution in [0, 0.1) is 22.7 Å². The third-order valence-corrected chi connectivity index (χ3v) is 3.74. The molecule has 0 fully saturated rings. The van der Waals surface area contributed by atoms with Gasteiger partial charge in [-0.2, -0.15) is 10.5 Å². The number of nitrogens with zero attached hydrogens (tertiary/aromatic N) is 3. The molecule has 0 saturated heterocycles. The molecule has 2 rings (SSSR count). The maximum absolute atomic E-state index is 11.8. The van der Waals surface area contributed by atoms with E-state index in [-0.39, 0.29) is 25.0 Å². The van der Waals surface area contributed by atoms with Gasteiger partial charge in [-0.15, -0.1) is 0 Å². The molecule has 0 saturated carbocycles. The van der Waals surface area contributed by atoms with Crippen LogP contribution in [-0.4, -0.2) is 26.0 Å². The van der Waals surface area contributed by atoms with Gasteiger partial charge in [0, 0.05) is 15.7 Å². The fourth-order valence-corrected chi connectivity index (χ4v) is 2.81. The Morgan fingerprint density at radius 3 is 2.60 bits per heavy atom. The number of anilines is 2. The fourth-order valence-electron chi connectivity index (χ4n) is 2.20. The van der Waals surface area contributed by atoms with Crippen LogP contribution in [0.1, 0.15) is 11.6 Å². The van der Waals surface area contributed by atoms with Gasteiger partial charge in [-0.25, -0.2) is 0 Å². The summed E-state index contributed by atoms with van der Waals surface area (Å²) in [6, 6.07) is 7.30. The van der Waals surface area contributed by atoms with E-state index in [9.17, 15) is 4.79 Å². The van der Waals surface area contributed by atoms with Gasteiger partial charge in [0.15, 0.2) is 0 Å². The lowest BCUT2D eigenvalue weighted by atomic mass is 10.1. The molecular weight excluding hydrogens is 322 g/mol. The number of nitriles is 2. The quantitative estimate of drug-likeness (QED) is 0.815. The van der Waals surface area contributed by atoms with Crippen molar-refractivity contribution in [1.82, 2.24) is 5.32 Å². The Kier molecular flexibility index (Phi) is 4.23. The molecule has 0 spiro atoms. The SMILES string of the molecule is CNC1C(=O)Nc2cc(N(CC#N)CC#N)c(Br)cc21. The molecule has 1 heterocycles. The second-order valence-corrected chi connectivity index (χ2v) is 5.13. The summed E-state index contributed by atoms with van der Waals surface area (Å²) in [6.07, 6.45) is 0. The predicted octanol–water partition coefficient (Wildman–Crippen LogP) is 1.52. The van der Waals surface area contributed by atoms with Crippen molar-refractivity contribution >= 4 is 33.2 Å². The molecule has 1 aromatic rings. The number of nitrogens with one attached hydrogen (secondary N) is 2. The molecule has 1 atom stereocenters. The average Bonchev–Trinajstić information content (AvgIpc) is 2.72. The lowest BCUT2D eigenvalue weighted by molar-refractivity contribution is -0.117. The summed E-state index contributed by atoms with van der Waals surface area (Å²) in [4.78, 5) is 13.4. The second-order valence-electron chi connectivity index (χ2n) is 4.27. The minimum absolute atomic E-state index is 0.106. The first-order valence-electron chi connectivity index (χ1n) is 5.92. The van der Waals surface area contributed by atoms with E-state index in [1.54, 1.807) is 18.0 Å². The zero-order valence-corrected chi connectivity index (χ0v) is 12.4. The van der Waals surface area contributed by atoms with Gasteiger partial charge in [0.2, 0.25) is 5.91 Å². The molecule has 1 aromatic carbocycles. The number of fused-ring (bicyclic) bond motifs is 1. The van der Waals surface area contributed by atoms with Crippen LogP contribution in [0.4, 0.5) is 11.4 Å². The van der Waals surface area contributed by atoms with E-state index in [2.05, 4.69) is 26.6 Å². The average molecular weight is 334 g/mol. The van der Waals surface area contributed by atoms with Crippen molar-refractivity contribution in [3.63, 3.8) is 0 Å². The smallest absolute Gasteiger partial charge is 0.246 e. The van der Waals surface area contributed by atoms with Crippen molar-refractivity contribution in [2.45, 2.75) is 6.04 Å². The molecule has 0 radical (unpaired) electrons. The Bertz CT molecular complexity index is 615. The zero-order chi connectivity index (χ0) is 14.7. The molecule has 7 heteroatoms. The minimum Gasteiger partial charge on any atom is -0.344 e. The van der Waals surface area contributed by atoms with Crippen LogP contribution in [-0.2, 0) is 4.79 Å². The number of hydrogen-bond donors (Lipinski definition) is 2. The van der Waals surface area contributed by atoms with Crippen LogP contribution in [0.5, 0.6) is 0 Å². The number of benzene rings is 1. The van der Waals surface area contributed by atoms with Gasteiger partial charge >= 0.3 is 0 Å². The highest BCUT2D eigenvalue weighted by Gasteiger charge is 2.30. The molecule has 1 aliphatic rings. The Balaban J connectivity index is 2.44. The topological polar surface area (TPSA) is 91.9 Å². The van der Waals surface area contributed by atoms with Crippen LogP contribution >= 0.6 is 15.9 Å². The predicted molar refractivity (Wildman–Crippen MR) is 78.0 cm³/mol. The largest absolute Gasteiger partial charge is 0.344 e. The summed E-state index contributed by atoms with van der Waals surface area (Å²) in [5, 5.41) is 23.4. The fraction of sp³-hybridized carbons (Fsp3) is 0.308. The van der Waals surface area contributed by atoms with Crippen LogP contribution in [0.3, 0.4) is 0 Å². The Labute approximate surface area is 125 Å². The lowest BCUT2D eigenvalue weighted by Crippen LogP contribution is -2.24. The van der Waals surface area contributed by atoms with Gasteiger partial charge in [-0.05, 0) is 35.1 Å². The summed E-state index contributed by atoms with van der Waals surface area (Å²) in [5.74, 6) is -0.112. The molecule has 1 amide bonds. The van der Waals surface area contributed by atoms with E-state index in [1.165, 1.54) is 0 Å². The van der Waals surface area contributed by atoms with Gasteiger partial charge in [-0.3, -0.25) is 4.79 Å². The molecule has 0 aliphatic carbocycles. The molecule has 20 heavy (non-hydrogen) atoms. The first-order chi connectivity index (χ1) is 9.62. The van der Waals surface area contributed by atoms with Gasteiger partial charge < -0.3 is 15.5 Å². The highest BCUT2D eigenvalue weighted by Crippen LogP contribution is 2.38. The molecule has 2 N–H and O–H groups in total. The molecule has 102 valence electrons. The van der Waals surface area contributed by atoms with Crippen LogP contribution in [0.15, 0.2) is 16.6 Å². The third kappa shape index (κ3) is 2.46. The van der Waals surface area contributed by atoms with Crippen molar-refractivity contribution in [2.75, 3.05) is 30.4 Å². The third-order valence-electron chi connectivity index (χ3n) is 3.10. The summed E-state index contributed by atoms with van der Waals surface area (Å²) >= 11 is 3.44. The molecular formula is C13H12BrN5O. The second kappa shape index (κ2) is 5.91. The van der Waals surface area contributed by atoms with Crippen LogP contribution < -0.4 is 15.5 Å². The summed E-state index contributed by atoms with van der Waals surface area (Å²) in [6.45, 7) is 0.211. The number of likely N-dealkylation sites (N-methyl/N-ethyl adjacent to an activating group) is 1. The first-order valence-corrected chi connectivity index (χ1v) is 6.72. The van der Waals surface area contributed by atoms with E-state index in [4.69, 9.17) is 10.5 Å². The number of carbonyl (C=O) groups excluding carboxylic acids is 1. The van der Waals surface area contributed by atoms with E-state index in [0.717, 1.165) is 10.0 Å². The van der Waals surface area contributed by atoms with E-state index >= 15 is 0 Å². The standard InChI is InChI=1S/C13H12BrN5O/c1-17-12-8-6-9(14)11(7-10(8)18-13(12)20)19(4-2-15)5-3-16/h6-7,12,17H,4-5H2,1H3,(H,18,20). The number of amides is 1. The monoisotopic (exact) mass is 333 g/mol. The zero-order valence-electron chi connectivity index (χ0n) is 10.8. The lowest BCUT2D eigenvalue weighted by Gasteiger charge is -2.21. The molecule has 1 unspecified atom stereocenters. The Morgan fingerprint density at radius 2 is 2.05 bits per heavy atom. The normalized spacial score (nSPS) is 16.0. The van der Waals surface area contributed by atoms with Crippen molar-refractivity contribution in [1.29, 1.82) is 10.5 Å². The first kappa shape index (κ1) is 14.3. The van der Waals surface area contributed by atoms with Crippen molar-refractivity contribution in [2.24, 2.45) is 0 Å². The highest BCUT2D eigenvalue weighted by atomic mass is 79.9. The maximum Gasteiger partial charge on any atom is 0.246 e. The molecule has 1 aliphatic heterocycles. The summed E-state index contributed by atoms with van der Waals surface area (Å²) < 4.78 is 0.749. The number of halogens is 1. The van der Waals surface area contributed by atoms with Crippen molar-refractivity contribution in [3.8, 4) is 12.1 Å². The van der Waals surface area contributed by atoms with Crippen molar-refractivity contribution < 1.29 is 4.79 Å². The van der Waals surface area contributed by atoms with E-state index in [1.807, 2.05) is 18.2 Å². The molecule has 6 nitrogen and oxygen atoms in total. The Morgan fingerprint density at radius 1 is 1.40 bits per heavy atom. The number of rotatable bonds is 4. The maximum atomic E-state index is 11.8. The molecule has 0 aromatic heterocycles. The van der Waals surface area contributed by atoms with Crippen LogP contribution in [0.2, 0.25) is 0 Å².